The van der Waals surface area contributed by atoms with E-state index in [1.807, 2.05) is 12.1 Å². The molecule has 4 aromatic carbocycles. The van der Waals surface area contributed by atoms with E-state index in [9.17, 15) is 9.59 Å². The second-order valence-electron chi connectivity index (χ2n) is 8.41. The Kier molecular flexibility index (Phi) is 5.34. The van der Waals surface area contributed by atoms with Crippen LogP contribution in [0.5, 0.6) is 0 Å². The maximum absolute atomic E-state index is 12.7. The van der Waals surface area contributed by atoms with Crippen LogP contribution in [-0.2, 0) is 22.7 Å². The van der Waals surface area contributed by atoms with Crippen molar-refractivity contribution in [3.05, 3.63) is 90.3 Å². The van der Waals surface area contributed by atoms with Crippen LogP contribution in [0.25, 0.3) is 32.3 Å². The van der Waals surface area contributed by atoms with Crippen LogP contribution in [0, 0.1) is 0 Å². The van der Waals surface area contributed by atoms with Crippen molar-refractivity contribution in [2.24, 2.45) is 10.2 Å². The summed E-state index contributed by atoms with van der Waals surface area (Å²) in [4.78, 5) is 29.1. The van der Waals surface area contributed by atoms with E-state index in [1.165, 1.54) is 21.5 Å². The molecule has 0 saturated carbocycles. The van der Waals surface area contributed by atoms with Crippen LogP contribution < -0.4 is 21.5 Å². The van der Waals surface area contributed by atoms with Gasteiger partial charge in [0.2, 0.25) is 11.7 Å². The van der Waals surface area contributed by atoms with Crippen molar-refractivity contribution < 1.29 is 9.59 Å². The minimum atomic E-state index is -0.468. The number of amidine groups is 2. The summed E-state index contributed by atoms with van der Waals surface area (Å²) >= 11 is 0. The van der Waals surface area contributed by atoms with Gasteiger partial charge in [-0.2, -0.15) is 0 Å². The summed E-state index contributed by atoms with van der Waals surface area (Å²) < 4.78 is 0. The first-order valence-electron chi connectivity index (χ1n) is 11.5. The zero-order valence-electron chi connectivity index (χ0n) is 19.1. The van der Waals surface area contributed by atoms with Gasteiger partial charge in [-0.25, -0.2) is 0 Å². The molecule has 5 aromatic rings. The third-order valence-corrected chi connectivity index (χ3v) is 6.19. The summed E-state index contributed by atoms with van der Waals surface area (Å²) in [5.74, 6) is -0.988. The highest BCUT2D eigenvalue weighted by atomic mass is 16.2. The maximum atomic E-state index is 12.7. The SMILES string of the molecule is O=C(NCc1ccccn1)C1=NNC(C(=O)NCc2ccc3ccc4cccc5ccc2c3c45)=NN1. The van der Waals surface area contributed by atoms with Crippen LogP contribution in [-0.4, -0.2) is 28.5 Å². The van der Waals surface area contributed by atoms with Crippen molar-refractivity contribution >= 4 is 55.8 Å². The van der Waals surface area contributed by atoms with E-state index in [0.717, 1.165) is 16.3 Å². The van der Waals surface area contributed by atoms with Crippen molar-refractivity contribution in [3.63, 3.8) is 0 Å². The average Bonchev–Trinajstić information content (AvgIpc) is 2.94. The van der Waals surface area contributed by atoms with E-state index >= 15 is 0 Å². The van der Waals surface area contributed by atoms with Crippen LogP contribution >= 0.6 is 0 Å². The molecule has 9 nitrogen and oxygen atoms in total. The zero-order valence-corrected chi connectivity index (χ0v) is 19.1. The lowest BCUT2D eigenvalue weighted by atomic mass is 9.92. The monoisotopic (exact) mass is 475 g/mol. The number of benzene rings is 4. The van der Waals surface area contributed by atoms with Gasteiger partial charge in [0.05, 0.1) is 12.2 Å². The molecule has 0 saturated heterocycles. The van der Waals surface area contributed by atoms with Crippen molar-refractivity contribution in [2.75, 3.05) is 0 Å². The lowest BCUT2D eigenvalue weighted by Gasteiger charge is -2.16. The lowest BCUT2D eigenvalue weighted by molar-refractivity contribution is -0.116. The minimum absolute atomic E-state index is 0.0333. The number of nitrogens with zero attached hydrogens (tertiary/aromatic N) is 3. The standard InChI is InChI=1S/C27H21N7O2/c35-26(24-31-33-25(34-32-24)27(36)30-15-20-6-1-2-13-28-20)29-14-19-10-9-18-8-7-16-4-3-5-17-11-12-21(19)23(18)22(16)17/h1-13H,14-15H2,(H,29,35)(H,30,36)(H,31,32)(H,33,34). The van der Waals surface area contributed by atoms with Crippen molar-refractivity contribution in [2.45, 2.75) is 13.1 Å². The molecule has 1 aliphatic rings. The summed E-state index contributed by atoms with van der Waals surface area (Å²) in [6.45, 7) is 0.561. The number of pyridine rings is 1. The largest absolute Gasteiger partial charge is 0.345 e. The normalized spacial score (nSPS) is 13.1. The van der Waals surface area contributed by atoms with Gasteiger partial charge in [0.1, 0.15) is 0 Å². The Balaban J connectivity index is 1.12. The molecule has 4 N–H and O–H groups in total. The molecular weight excluding hydrogens is 454 g/mol. The summed E-state index contributed by atoms with van der Waals surface area (Å²) in [6, 6.07) is 24.3. The molecule has 0 unspecified atom stereocenters. The molecule has 0 atom stereocenters. The van der Waals surface area contributed by atoms with E-state index in [0.29, 0.717) is 12.2 Å². The van der Waals surface area contributed by atoms with Crippen LogP contribution in [0.15, 0.2) is 89.2 Å². The topological polar surface area (TPSA) is 120 Å². The molecule has 36 heavy (non-hydrogen) atoms. The number of hydrogen-bond acceptors (Lipinski definition) is 7. The number of carbonyl (C=O) groups excluding carboxylic acids is 2. The first-order chi connectivity index (χ1) is 17.7. The number of aromatic nitrogens is 1. The molecule has 9 heteroatoms. The molecule has 176 valence electrons. The van der Waals surface area contributed by atoms with E-state index in [4.69, 9.17) is 0 Å². The zero-order chi connectivity index (χ0) is 24.5. The third kappa shape index (κ3) is 3.92. The van der Waals surface area contributed by atoms with E-state index in [1.54, 1.807) is 18.3 Å². The van der Waals surface area contributed by atoms with Gasteiger partial charge in [0.15, 0.2) is 0 Å². The Morgan fingerprint density at radius 1 is 0.667 bits per heavy atom. The molecule has 6 rings (SSSR count). The smallest absolute Gasteiger partial charge is 0.290 e. The molecule has 2 amide bonds. The maximum Gasteiger partial charge on any atom is 0.290 e. The molecular formula is C27H21N7O2. The van der Waals surface area contributed by atoms with Crippen LogP contribution in [0.4, 0.5) is 0 Å². The summed E-state index contributed by atoms with van der Waals surface area (Å²) in [6.07, 6.45) is 1.65. The van der Waals surface area contributed by atoms with E-state index < -0.39 is 11.8 Å². The number of hydrogen-bond donors (Lipinski definition) is 4. The van der Waals surface area contributed by atoms with Crippen molar-refractivity contribution in [1.82, 2.24) is 26.5 Å². The van der Waals surface area contributed by atoms with Gasteiger partial charge in [-0.15, -0.1) is 10.2 Å². The first-order valence-corrected chi connectivity index (χ1v) is 11.5. The Labute approximate surface area is 205 Å². The fourth-order valence-electron chi connectivity index (χ4n) is 4.44. The van der Waals surface area contributed by atoms with Gasteiger partial charge in [-0.1, -0.05) is 60.7 Å². The highest BCUT2D eigenvalue weighted by Crippen LogP contribution is 2.35. The van der Waals surface area contributed by atoms with E-state index in [2.05, 4.69) is 85.2 Å². The van der Waals surface area contributed by atoms with Crippen LogP contribution in [0.2, 0.25) is 0 Å². The predicted molar refractivity (Wildman–Crippen MR) is 139 cm³/mol. The van der Waals surface area contributed by atoms with Gasteiger partial charge in [-0.3, -0.25) is 25.4 Å². The highest BCUT2D eigenvalue weighted by molar-refractivity contribution is 6.42. The molecule has 0 spiro atoms. The Hall–Kier alpha value is -5.05. The molecule has 0 radical (unpaired) electrons. The van der Waals surface area contributed by atoms with E-state index in [-0.39, 0.29) is 18.2 Å². The molecule has 1 aromatic heterocycles. The molecule has 0 bridgehead atoms. The van der Waals surface area contributed by atoms with Crippen molar-refractivity contribution in [3.8, 4) is 0 Å². The van der Waals surface area contributed by atoms with Crippen LogP contribution in [0.3, 0.4) is 0 Å². The van der Waals surface area contributed by atoms with Gasteiger partial charge in [0, 0.05) is 12.7 Å². The third-order valence-electron chi connectivity index (χ3n) is 6.19. The molecule has 1 aliphatic heterocycles. The minimum Gasteiger partial charge on any atom is -0.345 e. The Morgan fingerprint density at radius 2 is 1.31 bits per heavy atom. The second-order valence-corrected chi connectivity index (χ2v) is 8.41. The number of amides is 2. The second kappa shape index (κ2) is 8.95. The molecule has 0 fully saturated rings. The highest BCUT2D eigenvalue weighted by Gasteiger charge is 2.20. The fraction of sp³-hybridized carbons (Fsp3) is 0.0741. The Morgan fingerprint density at radius 3 is 1.97 bits per heavy atom. The Bertz CT molecular complexity index is 1660. The lowest BCUT2D eigenvalue weighted by Crippen LogP contribution is -2.47. The quantitative estimate of drug-likeness (QED) is 0.282. The van der Waals surface area contributed by atoms with Gasteiger partial charge in [-0.05, 0) is 50.0 Å². The van der Waals surface area contributed by atoms with Crippen molar-refractivity contribution in [1.29, 1.82) is 0 Å². The number of nitrogens with one attached hydrogen (secondary N) is 4. The molecule has 2 heterocycles. The number of rotatable bonds is 6. The summed E-state index contributed by atoms with van der Waals surface area (Å²) in [5.41, 5.74) is 6.79. The fourth-order valence-corrected chi connectivity index (χ4v) is 4.44. The van der Waals surface area contributed by atoms with Gasteiger partial charge >= 0.3 is 0 Å². The average molecular weight is 476 g/mol. The summed E-state index contributed by atoms with van der Waals surface area (Å²) in [7, 11) is 0. The summed E-state index contributed by atoms with van der Waals surface area (Å²) in [5, 5.41) is 20.5. The van der Waals surface area contributed by atoms with Gasteiger partial charge in [0.25, 0.3) is 11.8 Å². The predicted octanol–water partition coefficient (Wildman–Crippen LogP) is 2.73. The molecule has 0 aliphatic carbocycles. The first kappa shape index (κ1) is 21.5. The number of hydrazone groups is 2. The van der Waals surface area contributed by atoms with Crippen LogP contribution in [0.1, 0.15) is 11.3 Å². The number of carbonyl (C=O) groups is 2. The van der Waals surface area contributed by atoms with Gasteiger partial charge < -0.3 is 10.6 Å².